The molecule has 26 heavy (non-hydrogen) atoms. The van der Waals surface area contributed by atoms with Crippen molar-refractivity contribution in [2.75, 3.05) is 5.75 Å². The van der Waals surface area contributed by atoms with E-state index < -0.39 is 0 Å². The molecule has 0 bridgehead atoms. The average molecular weight is 385 g/mol. The number of fused-ring (bicyclic) bond motifs is 2. The molecule has 1 amide bonds. The third-order valence-corrected chi connectivity index (χ3v) is 6.77. The van der Waals surface area contributed by atoms with E-state index in [1.165, 1.54) is 33.3 Å². The molecule has 0 unspecified atom stereocenters. The van der Waals surface area contributed by atoms with Crippen molar-refractivity contribution in [3.63, 3.8) is 0 Å². The van der Waals surface area contributed by atoms with Gasteiger partial charge in [-0.1, -0.05) is 30.0 Å². The van der Waals surface area contributed by atoms with Gasteiger partial charge in [-0.25, -0.2) is 9.97 Å². The van der Waals surface area contributed by atoms with Crippen LogP contribution in [0.4, 0.5) is 0 Å². The number of hydrogen-bond donors (Lipinski definition) is 2. The number of amides is 1. The van der Waals surface area contributed by atoms with E-state index in [1.807, 2.05) is 0 Å². The maximum absolute atomic E-state index is 12.3. The van der Waals surface area contributed by atoms with Crippen LogP contribution in [-0.2, 0) is 24.4 Å². The Morgan fingerprint density at radius 3 is 3.00 bits per heavy atom. The van der Waals surface area contributed by atoms with Gasteiger partial charge in [0.25, 0.3) is 0 Å². The molecule has 3 heterocycles. The van der Waals surface area contributed by atoms with E-state index in [2.05, 4.69) is 52.6 Å². The van der Waals surface area contributed by atoms with Gasteiger partial charge in [0.05, 0.1) is 5.75 Å². The van der Waals surface area contributed by atoms with Crippen LogP contribution in [-0.4, -0.2) is 21.6 Å². The Labute approximate surface area is 160 Å². The Morgan fingerprint density at radius 2 is 2.12 bits per heavy atom. The molecule has 0 atom stereocenters. The normalized spacial score (nSPS) is 13.2. The van der Waals surface area contributed by atoms with Gasteiger partial charge in [-0.3, -0.25) is 4.79 Å². The molecule has 5 nitrogen and oxygen atoms in total. The highest BCUT2D eigenvalue weighted by Crippen LogP contribution is 2.34. The van der Waals surface area contributed by atoms with Gasteiger partial charge in [0.15, 0.2) is 0 Å². The number of nitrogens with one attached hydrogen (secondary N) is 2. The average Bonchev–Trinajstić information content (AvgIpc) is 3.22. The lowest BCUT2D eigenvalue weighted by molar-refractivity contribution is -0.118. The summed E-state index contributed by atoms with van der Waals surface area (Å²) in [7, 11) is 0. The summed E-state index contributed by atoms with van der Waals surface area (Å²) in [6, 6.07) is 6.41. The van der Waals surface area contributed by atoms with Crippen LogP contribution >= 0.6 is 23.1 Å². The van der Waals surface area contributed by atoms with Crippen molar-refractivity contribution in [2.24, 2.45) is 0 Å². The van der Waals surface area contributed by atoms with Crippen molar-refractivity contribution in [2.45, 2.75) is 38.5 Å². The zero-order chi connectivity index (χ0) is 18.1. The van der Waals surface area contributed by atoms with Gasteiger partial charge in [0, 0.05) is 29.9 Å². The van der Waals surface area contributed by atoms with Crippen molar-refractivity contribution in [1.29, 1.82) is 0 Å². The van der Waals surface area contributed by atoms with E-state index in [-0.39, 0.29) is 5.91 Å². The number of carbonyl (C=O) groups is 1. The van der Waals surface area contributed by atoms with Crippen molar-refractivity contribution in [1.82, 2.24) is 20.6 Å². The quantitative estimate of drug-likeness (QED) is 0.522. The van der Waals surface area contributed by atoms with Gasteiger partial charge in [-0.15, -0.1) is 11.3 Å². The molecule has 2 N–H and O–H groups in total. The van der Waals surface area contributed by atoms with Crippen molar-refractivity contribution in [3.8, 4) is 0 Å². The number of carbonyl (C=O) groups excluding carboxylic acids is 1. The number of rotatable bonds is 5. The highest BCUT2D eigenvalue weighted by atomic mass is 32.2. The van der Waals surface area contributed by atoms with Crippen LogP contribution in [0.3, 0.4) is 0 Å². The Morgan fingerprint density at radius 1 is 1.27 bits per heavy atom. The topological polar surface area (TPSA) is 66.9 Å². The first kappa shape index (κ1) is 17.5. The minimum Gasteiger partial charge on any atom is -0.351 e. The fourth-order valence-electron chi connectivity index (χ4n) is 3.10. The number of aromatic nitrogens is 2. The van der Waals surface area contributed by atoms with Gasteiger partial charge in [0.1, 0.15) is 16.2 Å². The molecule has 0 aliphatic carbocycles. The lowest BCUT2D eigenvalue weighted by Crippen LogP contribution is -2.24. The fraction of sp³-hybridized carbons (Fsp3) is 0.316. The summed E-state index contributed by atoms with van der Waals surface area (Å²) in [6.45, 7) is 6.59. The molecule has 1 aromatic carbocycles. The molecule has 0 spiro atoms. The lowest BCUT2D eigenvalue weighted by atomic mass is 10.1. The van der Waals surface area contributed by atoms with Crippen LogP contribution in [0.5, 0.6) is 0 Å². The van der Waals surface area contributed by atoms with Gasteiger partial charge in [-0.05, 0) is 36.1 Å². The summed E-state index contributed by atoms with van der Waals surface area (Å²) in [5.74, 6) is 0.373. The van der Waals surface area contributed by atoms with Crippen molar-refractivity contribution >= 4 is 39.2 Å². The second-order valence-corrected chi connectivity index (χ2v) is 8.58. The second-order valence-electron chi connectivity index (χ2n) is 6.41. The van der Waals surface area contributed by atoms with Crippen LogP contribution in [0, 0.1) is 13.8 Å². The van der Waals surface area contributed by atoms with Gasteiger partial charge < -0.3 is 10.6 Å². The highest BCUT2D eigenvalue weighted by molar-refractivity contribution is 8.00. The SMILES string of the molecule is Cc1sc2ncnc(SCC(=O)NCc3ccc4c(c3)CNC4)c2c1C. The monoisotopic (exact) mass is 384 g/mol. The van der Waals surface area contributed by atoms with Crippen LogP contribution in [0.1, 0.15) is 27.1 Å². The Kier molecular flexibility index (Phi) is 4.93. The summed E-state index contributed by atoms with van der Waals surface area (Å²) in [6.07, 6.45) is 1.58. The standard InChI is InChI=1S/C19H20N4OS2/c1-11-12(2)26-19-17(11)18(22-10-23-19)25-9-16(24)21-6-13-3-4-14-7-20-8-15(14)5-13/h3-5,10,20H,6-9H2,1-2H3,(H,21,24). The molecule has 0 saturated heterocycles. The number of aryl methyl sites for hydroxylation is 2. The van der Waals surface area contributed by atoms with Crippen LogP contribution < -0.4 is 10.6 Å². The van der Waals surface area contributed by atoms with E-state index in [0.717, 1.165) is 33.9 Å². The number of thiophene rings is 1. The van der Waals surface area contributed by atoms with E-state index >= 15 is 0 Å². The van der Waals surface area contributed by atoms with Gasteiger partial charge in [-0.2, -0.15) is 0 Å². The molecule has 134 valence electrons. The number of benzene rings is 1. The second kappa shape index (κ2) is 7.34. The minimum atomic E-state index is 0.0185. The van der Waals surface area contributed by atoms with E-state index in [9.17, 15) is 4.79 Å². The third kappa shape index (κ3) is 3.47. The van der Waals surface area contributed by atoms with Crippen LogP contribution in [0.15, 0.2) is 29.6 Å². The lowest BCUT2D eigenvalue weighted by Gasteiger charge is -2.07. The Balaban J connectivity index is 1.37. The van der Waals surface area contributed by atoms with Crippen molar-refractivity contribution in [3.05, 3.63) is 51.7 Å². The summed E-state index contributed by atoms with van der Waals surface area (Å²) in [4.78, 5) is 23.2. The molecule has 0 fully saturated rings. The molecular weight excluding hydrogens is 364 g/mol. The summed E-state index contributed by atoms with van der Waals surface area (Å²) in [5.41, 5.74) is 5.03. The summed E-state index contributed by atoms with van der Waals surface area (Å²) >= 11 is 3.15. The predicted octanol–water partition coefficient (Wildman–Crippen LogP) is 3.32. The maximum atomic E-state index is 12.3. The van der Waals surface area contributed by atoms with E-state index in [1.54, 1.807) is 17.7 Å². The first-order chi connectivity index (χ1) is 12.6. The maximum Gasteiger partial charge on any atom is 0.230 e. The van der Waals surface area contributed by atoms with Crippen LogP contribution in [0.2, 0.25) is 0 Å². The number of hydrogen-bond acceptors (Lipinski definition) is 6. The minimum absolute atomic E-state index is 0.0185. The summed E-state index contributed by atoms with van der Waals surface area (Å²) in [5, 5.41) is 8.31. The molecule has 4 rings (SSSR count). The van der Waals surface area contributed by atoms with Gasteiger partial charge in [0.2, 0.25) is 5.91 Å². The number of thioether (sulfide) groups is 1. The first-order valence-electron chi connectivity index (χ1n) is 8.53. The Bertz CT molecular complexity index is 983. The largest absolute Gasteiger partial charge is 0.351 e. The van der Waals surface area contributed by atoms with Gasteiger partial charge >= 0.3 is 0 Å². The van der Waals surface area contributed by atoms with E-state index in [0.29, 0.717) is 12.3 Å². The smallest absolute Gasteiger partial charge is 0.230 e. The Hall–Kier alpha value is -1.96. The van der Waals surface area contributed by atoms with Crippen molar-refractivity contribution < 1.29 is 4.79 Å². The van der Waals surface area contributed by atoms with Crippen LogP contribution in [0.25, 0.3) is 10.2 Å². The molecular formula is C19H20N4OS2. The zero-order valence-electron chi connectivity index (χ0n) is 14.8. The number of nitrogens with zero attached hydrogens (tertiary/aromatic N) is 2. The third-order valence-electron chi connectivity index (χ3n) is 4.66. The summed E-state index contributed by atoms with van der Waals surface area (Å²) < 4.78 is 0. The molecule has 2 aromatic heterocycles. The highest BCUT2D eigenvalue weighted by Gasteiger charge is 2.14. The first-order valence-corrected chi connectivity index (χ1v) is 10.3. The molecule has 0 saturated carbocycles. The zero-order valence-corrected chi connectivity index (χ0v) is 16.4. The molecule has 3 aromatic rings. The fourth-order valence-corrected chi connectivity index (χ4v) is 5.05. The molecule has 1 aliphatic rings. The predicted molar refractivity (Wildman–Crippen MR) is 106 cm³/mol. The molecule has 7 heteroatoms. The van der Waals surface area contributed by atoms with E-state index in [4.69, 9.17) is 0 Å². The molecule has 0 radical (unpaired) electrons. The molecule has 1 aliphatic heterocycles.